The van der Waals surface area contributed by atoms with Gasteiger partial charge >= 0.3 is 6.03 Å². The smallest absolute Gasteiger partial charge is 0.340 e. The lowest BCUT2D eigenvalue weighted by Gasteiger charge is -2.24. The molecule has 2 atom stereocenters. The van der Waals surface area contributed by atoms with E-state index in [1.54, 1.807) is 6.34 Å². The van der Waals surface area contributed by atoms with Crippen molar-refractivity contribution < 1.29 is 4.79 Å². The highest BCUT2D eigenvalue weighted by Crippen LogP contribution is 2.15. The first-order valence-electron chi connectivity index (χ1n) is 5.42. The Morgan fingerprint density at radius 1 is 1.69 bits per heavy atom. The zero-order chi connectivity index (χ0) is 12.3. The van der Waals surface area contributed by atoms with Crippen LogP contribution in [0.15, 0.2) is 9.98 Å². The van der Waals surface area contributed by atoms with Gasteiger partial charge in [-0.1, -0.05) is 6.92 Å². The molecule has 0 aromatic heterocycles. The number of rotatable bonds is 3. The van der Waals surface area contributed by atoms with Crippen molar-refractivity contribution in [1.82, 2.24) is 4.90 Å². The molecule has 6 heteroatoms. The number of carbonyl (C=O) groups excluding carboxylic acids is 1. The minimum Gasteiger partial charge on any atom is -0.350 e. The molecule has 2 amide bonds. The minimum atomic E-state index is -0.709. The Bertz CT molecular complexity index is 323. The summed E-state index contributed by atoms with van der Waals surface area (Å²) in [6.07, 6.45) is 2.44. The third-order valence-corrected chi connectivity index (χ3v) is 2.54. The highest BCUT2D eigenvalue weighted by molar-refractivity contribution is 6.05. The van der Waals surface area contributed by atoms with Gasteiger partial charge in [0.2, 0.25) is 0 Å². The van der Waals surface area contributed by atoms with Crippen molar-refractivity contribution in [2.45, 2.75) is 45.3 Å². The third-order valence-electron chi connectivity index (χ3n) is 2.54. The molecular formula is C10H19N5O. The van der Waals surface area contributed by atoms with Gasteiger partial charge in [0.15, 0.2) is 0 Å². The lowest BCUT2D eigenvalue weighted by atomic mass is 10.1. The van der Waals surface area contributed by atoms with E-state index in [1.165, 1.54) is 0 Å². The number of urea groups is 1. The average molecular weight is 225 g/mol. The lowest BCUT2D eigenvalue weighted by Crippen LogP contribution is -2.44. The topological polar surface area (TPSA) is 97.1 Å². The van der Waals surface area contributed by atoms with Gasteiger partial charge in [-0.15, -0.1) is 0 Å². The van der Waals surface area contributed by atoms with Crippen molar-refractivity contribution in [3.63, 3.8) is 0 Å². The van der Waals surface area contributed by atoms with Gasteiger partial charge in [0, 0.05) is 12.1 Å². The molecule has 0 aromatic carbocycles. The van der Waals surface area contributed by atoms with Crippen molar-refractivity contribution in [3.8, 4) is 0 Å². The number of amidine groups is 1. The summed E-state index contributed by atoms with van der Waals surface area (Å²) in [7, 11) is 0. The number of hydrogen-bond donors (Lipinski definition) is 2. The maximum atomic E-state index is 10.9. The van der Waals surface area contributed by atoms with Gasteiger partial charge in [-0.3, -0.25) is 4.99 Å². The number of carbonyl (C=O) groups is 1. The first kappa shape index (κ1) is 12.6. The van der Waals surface area contributed by atoms with Crippen LogP contribution in [0.5, 0.6) is 0 Å². The van der Waals surface area contributed by atoms with Gasteiger partial charge in [-0.25, -0.2) is 4.79 Å². The maximum absolute atomic E-state index is 10.9. The molecule has 1 aliphatic heterocycles. The Balaban J connectivity index is 2.97. The van der Waals surface area contributed by atoms with E-state index in [4.69, 9.17) is 11.5 Å². The van der Waals surface area contributed by atoms with Crippen LogP contribution in [0.25, 0.3) is 0 Å². The van der Waals surface area contributed by atoms with Crippen LogP contribution < -0.4 is 11.5 Å². The van der Waals surface area contributed by atoms with E-state index >= 15 is 0 Å². The van der Waals surface area contributed by atoms with Crippen molar-refractivity contribution in [1.29, 1.82) is 0 Å². The molecule has 0 saturated carbocycles. The second kappa shape index (κ2) is 5.07. The van der Waals surface area contributed by atoms with Crippen LogP contribution in [0.1, 0.15) is 27.2 Å². The standard InChI is InChI=1S/C10H19N5O/c1-4-7(11)8-9(14-10(12)16)15(5-13-8)6(2)3/h5-8H,4,11H2,1-3H3,(H2,12,16). The van der Waals surface area contributed by atoms with Gasteiger partial charge in [0.05, 0.1) is 6.34 Å². The van der Waals surface area contributed by atoms with Crippen molar-refractivity contribution in [2.24, 2.45) is 21.5 Å². The summed E-state index contributed by atoms with van der Waals surface area (Å²) < 4.78 is 0. The summed E-state index contributed by atoms with van der Waals surface area (Å²) in [5.74, 6) is 0.553. The lowest BCUT2D eigenvalue weighted by molar-refractivity contribution is 0.256. The molecule has 0 aliphatic carbocycles. The molecule has 0 bridgehead atoms. The summed E-state index contributed by atoms with van der Waals surface area (Å²) in [6, 6.07) is -0.937. The van der Waals surface area contributed by atoms with Gasteiger partial charge in [-0.05, 0) is 20.3 Å². The van der Waals surface area contributed by atoms with Gasteiger partial charge in [-0.2, -0.15) is 4.99 Å². The second-order valence-corrected chi connectivity index (χ2v) is 4.09. The first-order valence-corrected chi connectivity index (χ1v) is 5.42. The molecule has 0 fully saturated rings. The van der Waals surface area contributed by atoms with Gasteiger partial charge < -0.3 is 16.4 Å². The summed E-state index contributed by atoms with van der Waals surface area (Å²) >= 11 is 0. The molecular weight excluding hydrogens is 206 g/mol. The summed E-state index contributed by atoms with van der Waals surface area (Å²) in [5, 5.41) is 0. The highest BCUT2D eigenvalue weighted by atomic mass is 16.2. The highest BCUT2D eigenvalue weighted by Gasteiger charge is 2.32. The molecule has 16 heavy (non-hydrogen) atoms. The maximum Gasteiger partial charge on any atom is 0.340 e. The van der Waals surface area contributed by atoms with E-state index in [-0.39, 0.29) is 18.1 Å². The van der Waals surface area contributed by atoms with Crippen molar-refractivity contribution in [3.05, 3.63) is 0 Å². The Morgan fingerprint density at radius 3 is 2.75 bits per heavy atom. The third kappa shape index (κ3) is 2.57. The molecule has 1 aliphatic rings. The van der Waals surface area contributed by atoms with Crippen molar-refractivity contribution >= 4 is 18.2 Å². The molecule has 90 valence electrons. The van der Waals surface area contributed by atoms with Crippen LogP contribution in [0, 0.1) is 0 Å². The van der Waals surface area contributed by atoms with Crippen molar-refractivity contribution in [2.75, 3.05) is 0 Å². The SMILES string of the molecule is CCC(N)C1N=CN(C(C)C)C1=NC(N)=O. The predicted molar refractivity (Wildman–Crippen MR) is 64.5 cm³/mol. The van der Waals surface area contributed by atoms with E-state index in [1.807, 2.05) is 25.7 Å². The van der Waals surface area contributed by atoms with Crippen LogP contribution in [0.4, 0.5) is 4.79 Å². The molecule has 6 nitrogen and oxygen atoms in total. The molecule has 0 saturated heterocycles. The van der Waals surface area contributed by atoms with Gasteiger partial charge in [0.1, 0.15) is 11.9 Å². The average Bonchev–Trinajstić information content (AvgIpc) is 2.59. The normalized spacial score (nSPS) is 24.4. The van der Waals surface area contributed by atoms with E-state index in [2.05, 4.69) is 9.98 Å². The molecule has 1 heterocycles. The first-order chi connectivity index (χ1) is 7.47. The molecule has 0 spiro atoms. The zero-order valence-corrected chi connectivity index (χ0v) is 9.92. The minimum absolute atomic E-state index is 0.141. The van der Waals surface area contributed by atoms with Crippen LogP contribution in [-0.2, 0) is 0 Å². The predicted octanol–water partition coefficient (Wildman–Crippen LogP) is 0.322. The Hall–Kier alpha value is -1.43. The van der Waals surface area contributed by atoms with E-state index in [0.29, 0.717) is 5.84 Å². The van der Waals surface area contributed by atoms with Crippen LogP contribution in [0.3, 0.4) is 0 Å². The molecule has 1 rings (SSSR count). The summed E-state index contributed by atoms with van der Waals surface area (Å²) in [5.41, 5.74) is 11.0. The largest absolute Gasteiger partial charge is 0.350 e. The fraction of sp³-hybridized carbons (Fsp3) is 0.700. The van der Waals surface area contributed by atoms with Gasteiger partial charge in [0.25, 0.3) is 0 Å². The fourth-order valence-corrected chi connectivity index (χ4v) is 1.58. The monoisotopic (exact) mass is 225 g/mol. The quantitative estimate of drug-likeness (QED) is 0.723. The number of aliphatic imine (C=N–C) groups is 2. The Morgan fingerprint density at radius 2 is 2.31 bits per heavy atom. The summed E-state index contributed by atoms with van der Waals surface area (Å²) in [4.78, 5) is 20.8. The number of nitrogens with zero attached hydrogens (tertiary/aromatic N) is 3. The number of primary amides is 1. The fourth-order valence-electron chi connectivity index (χ4n) is 1.58. The van der Waals surface area contributed by atoms with Crippen LogP contribution >= 0.6 is 0 Å². The number of amides is 2. The molecule has 2 unspecified atom stereocenters. The molecule has 0 aromatic rings. The molecule has 0 radical (unpaired) electrons. The zero-order valence-electron chi connectivity index (χ0n) is 9.92. The number of hydrogen-bond acceptors (Lipinski definition) is 3. The van der Waals surface area contributed by atoms with Crippen LogP contribution in [-0.4, -0.2) is 41.2 Å². The second-order valence-electron chi connectivity index (χ2n) is 4.09. The van der Waals surface area contributed by atoms with Crippen LogP contribution in [0.2, 0.25) is 0 Å². The number of nitrogens with two attached hydrogens (primary N) is 2. The summed E-state index contributed by atoms with van der Waals surface area (Å²) in [6.45, 7) is 5.95. The Kier molecular flexibility index (Phi) is 4.00. The van der Waals surface area contributed by atoms with E-state index < -0.39 is 6.03 Å². The molecule has 4 N–H and O–H groups in total. The van der Waals surface area contributed by atoms with E-state index in [0.717, 1.165) is 6.42 Å². The Labute approximate surface area is 95.4 Å². The van der Waals surface area contributed by atoms with E-state index in [9.17, 15) is 4.79 Å².